The highest BCUT2D eigenvalue weighted by molar-refractivity contribution is 5.84. The Balaban J connectivity index is 4.09. The lowest BCUT2D eigenvalue weighted by atomic mass is 10.0. The number of methoxy groups -OCH3 is 1. The average molecular weight is 244 g/mol. The van der Waals surface area contributed by atoms with E-state index in [0.29, 0.717) is 6.42 Å². The quantitative estimate of drug-likeness (QED) is 0.650. The topological polar surface area (TPSA) is 81.4 Å². The van der Waals surface area contributed by atoms with Crippen molar-refractivity contribution in [2.24, 2.45) is 11.7 Å². The van der Waals surface area contributed by atoms with Crippen LogP contribution in [0.4, 0.5) is 0 Å². The summed E-state index contributed by atoms with van der Waals surface area (Å²) in [6.45, 7) is 5.64. The minimum Gasteiger partial charge on any atom is -0.467 e. The molecular formula is C12H24N2O3. The molecule has 3 N–H and O–H groups in total. The summed E-state index contributed by atoms with van der Waals surface area (Å²) in [4.78, 5) is 23.0. The zero-order valence-corrected chi connectivity index (χ0v) is 11.2. The number of esters is 1. The zero-order chi connectivity index (χ0) is 13.4. The molecule has 0 aromatic rings. The Morgan fingerprint density at radius 1 is 1.29 bits per heavy atom. The largest absolute Gasteiger partial charge is 0.467 e. The molecule has 0 saturated heterocycles. The normalized spacial score (nSPS) is 14.2. The van der Waals surface area contributed by atoms with Gasteiger partial charge in [-0.15, -0.1) is 0 Å². The van der Waals surface area contributed by atoms with Gasteiger partial charge in [-0.05, 0) is 25.7 Å². The number of carbonyl (C=O) groups is 2. The summed E-state index contributed by atoms with van der Waals surface area (Å²) in [5.74, 6) is -0.518. The molecule has 2 atom stereocenters. The Morgan fingerprint density at radius 3 is 2.29 bits per heavy atom. The molecule has 0 bridgehead atoms. The van der Waals surface area contributed by atoms with E-state index in [2.05, 4.69) is 10.1 Å². The molecule has 5 nitrogen and oxygen atoms in total. The van der Waals surface area contributed by atoms with E-state index in [1.54, 1.807) is 0 Å². The van der Waals surface area contributed by atoms with Gasteiger partial charge in [-0.25, -0.2) is 4.79 Å². The second-order valence-electron chi connectivity index (χ2n) is 4.68. The molecule has 0 rings (SSSR count). The van der Waals surface area contributed by atoms with E-state index >= 15 is 0 Å². The molecule has 0 saturated carbocycles. The standard InChI is InChI=1S/C12H24N2O3/c1-8(2)11(12(16)17-4)14-10(15)7-5-6-9(3)13/h8-9,11H,5-7,13H2,1-4H3,(H,14,15). The van der Waals surface area contributed by atoms with Crippen molar-refractivity contribution in [2.45, 2.75) is 52.1 Å². The van der Waals surface area contributed by atoms with Crippen molar-refractivity contribution in [1.29, 1.82) is 0 Å². The first-order valence-electron chi connectivity index (χ1n) is 6.01. The van der Waals surface area contributed by atoms with E-state index < -0.39 is 12.0 Å². The Bertz CT molecular complexity index is 252. The highest BCUT2D eigenvalue weighted by atomic mass is 16.5. The van der Waals surface area contributed by atoms with Crippen molar-refractivity contribution in [3.05, 3.63) is 0 Å². The fourth-order valence-corrected chi connectivity index (χ4v) is 1.45. The minimum atomic E-state index is -0.567. The summed E-state index contributed by atoms with van der Waals surface area (Å²) in [6, 6.07) is -0.466. The number of hydrogen-bond acceptors (Lipinski definition) is 4. The third-order valence-corrected chi connectivity index (χ3v) is 2.50. The number of nitrogens with one attached hydrogen (secondary N) is 1. The fourth-order valence-electron chi connectivity index (χ4n) is 1.45. The van der Waals surface area contributed by atoms with Crippen LogP contribution in [0.15, 0.2) is 0 Å². The number of amides is 1. The molecule has 100 valence electrons. The molecule has 0 aliphatic heterocycles. The van der Waals surface area contributed by atoms with Crippen LogP contribution < -0.4 is 11.1 Å². The van der Waals surface area contributed by atoms with E-state index in [4.69, 9.17) is 5.73 Å². The highest BCUT2D eigenvalue weighted by Crippen LogP contribution is 2.05. The van der Waals surface area contributed by atoms with Gasteiger partial charge in [0.2, 0.25) is 5.91 Å². The lowest BCUT2D eigenvalue weighted by molar-refractivity contribution is -0.146. The van der Waals surface area contributed by atoms with Crippen molar-refractivity contribution in [3.63, 3.8) is 0 Å². The first-order chi connectivity index (χ1) is 7.88. The lowest BCUT2D eigenvalue weighted by Crippen LogP contribution is -2.45. The third-order valence-electron chi connectivity index (χ3n) is 2.50. The molecule has 0 aromatic carbocycles. The molecule has 0 aliphatic rings. The van der Waals surface area contributed by atoms with Gasteiger partial charge in [-0.2, -0.15) is 0 Å². The van der Waals surface area contributed by atoms with Crippen LogP contribution >= 0.6 is 0 Å². The maximum absolute atomic E-state index is 11.6. The van der Waals surface area contributed by atoms with E-state index in [9.17, 15) is 9.59 Å². The summed E-state index contributed by atoms with van der Waals surface area (Å²) in [7, 11) is 1.32. The Hall–Kier alpha value is -1.10. The zero-order valence-electron chi connectivity index (χ0n) is 11.2. The molecule has 1 amide bonds. The summed E-state index contributed by atoms with van der Waals surface area (Å²) in [5.41, 5.74) is 5.59. The smallest absolute Gasteiger partial charge is 0.328 e. The summed E-state index contributed by atoms with van der Waals surface area (Å²) >= 11 is 0. The van der Waals surface area contributed by atoms with Gasteiger partial charge in [0.1, 0.15) is 6.04 Å². The van der Waals surface area contributed by atoms with E-state index in [1.807, 2.05) is 20.8 Å². The van der Waals surface area contributed by atoms with Crippen LogP contribution in [0.2, 0.25) is 0 Å². The lowest BCUT2D eigenvalue weighted by Gasteiger charge is -2.19. The van der Waals surface area contributed by atoms with Crippen LogP contribution in [-0.4, -0.2) is 31.1 Å². The fraction of sp³-hybridized carbons (Fsp3) is 0.833. The van der Waals surface area contributed by atoms with Gasteiger partial charge >= 0.3 is 5.97 Å². The average Bonchev–Trinajstić information content (AvgIpc) is 2.24. The van der Waals surface area contributed by atoms with Gasteiger partial charge in [0.25, 0.3) is 0 Å². The second kappa shape index (κ2) is 8.06. The van der Waals surface area contributed by atoms with E-state index in [1.165, 1.54) is 7.11 Å². The predicted octanol–water partition coefficient (Wildman–Crippen LogP) is 0.818. The monoisotopic (exact) mass is 244 g/mol. The van der Waals surface area contributed by atoms with Crippen molar-refractivity contribution >= 4 is 11.9 Å². The number of rotatable bonds is 7. The molecule has 0 radical (unpaired) electrons. The van der Waals surface area contributed by atoms with Crippen LogP contribution in [0.5, 0.6) is 0 Å². The van der Waals surface area contributed by atoms with Gasteiger partial charge in [-0.3, -0.25) is 4.79 Å². The second-order valence-corrected chi connectivity index (χ2v) is 4.68. The van der Waals surface area contributed by atoms with Crippen molar-refractivity contribution in [2.75, 3.05) is 7.11 Å². The van der Waals surface area contributed by atoms with Gasteiger partial charge in [0, 0.05) is 12.5 Å². The van der Waals surface area contributed by atoms with Crippen LogP contribution in [0, 0.1) is 5.92 Å². The highest BCUT2D eigenvalue weighted by Gasteiger charge is 2.24. The third kappa shape index (κ3) is 6.94. The van der Waals surface area contributed by atoms with Crippen molar-refractivity contribution in [3.8, 4) is 0 Å². The SMILES string of the molecule is COC(=O)C(NC(=O)CCCC(C)N)C(C)C. The predicted molar refractivity (Wildman–Crippen MR) is 66.3 cm³/mol. The number of hydrogen-bond donors (Lipinski definition) is 2. The maximum atomic E-state index is 11.6. The Labute approximate surface area is 103 Å². The van der Waals surface area contributed by atoms with Gasteiger partial charge < -0.3 is 15.8 Å². The van der Waals surface area contributed by atoms with E-state index in [-0.39, 0.29) is 17.9 Å². The van der Waals surface area contributed by atoms with Gasteiger partial charge in [-0.1, -0.05) is 13.8 Å². The van der Waals surface area contributed by atoms with Crippen LogP contribution in [0.1, 0.15) is 40.0 Å². The van der Waals surface area contributed by atoms with Crippen LogP contribution in [0.25, 0.3) is 0 Å². The van der Waals surface area contributed by atoms with Crippen molar-refractivity contribution < 1.29 is 14.3 Å². The molecule has 17 heavy (non-hydrogen) atoms. The maximum Gasteiger partial charge on any atom is 0.328 e. The van der Waals surface area contributed by atoms with Crippen LogP contribution in [-0.2, 0) is 14.3 Å². The Kier molecular flexibility index (Phi) is 7.54. The van der Waals surface area contributed by atoms with Gasteiger partial charge in [0.15, 0.2) is 0 Å². The summed E-state index contributed by atoms with van der Waals surface area (Å²) in [6.07, 6.45) is 1.93. The summed E-state index contributed by atoms with van der Waals surface area (Å²) < 4.78 is 4.64. The molecule has 0 aliphatic carbocycles. The Morgan fingerprint density at radius 2 is 1.88 bits per heavy atom. The molecule has 0 heterocycles. The van der Waals surface area contributed by atoms with E-state index in [0.717, 1.165) is 12.8 Å². The number of ether oxygens (including phenoxy) is 1. The first-order valence-corrected chi connectivity index (χ1v) is 6.01. The van der Waals surface area contributed by atoms with Crippen molar-refractivity contribution in [1.82, 2.24) is 5.32 Å². The molecule has 0 spiro atoms. The van der Waals surface area contributed by atoms with Gasteiger partial charge in [0.05, 0.1) is 7.11 Å². The van der Waals surface area contributed by atoms with Crippen LogP contribution in [0.3, 0.4) is 0 Å². The molecular weight excluding hydrogens is 220 g/mol. The summed E-state index contributed by atoms with van der Waals surface area (Å²) in [5, 5.41) is 2.69. The molecule has 2 unspecified atom stereocenters. The number of carbonyl (C=O) groups excluding carboxylic acids is 2. The molecule has 0 aromatic heterocycles. The molecule has 5 heteroatoms. The first kappa shape index (κ1) is 15.9. The number of nitrogens with two attached hydrogens (primary N) is 1. The minimum absolute atomic E-state index is 0.0137. The molecule has 0 fully saturated rings.